The highest BCUT2D eigenvalue weighted by Crippen LogP contribution is 2.18. The maximum atomic E-state index is 11.7. The van der Waals surface area contributed by atoms with Gasteiger partial charge in [-0.15, -0.1) is 0 Å². The van der Waals surface area contributed by atoms with Gasteiger partial charge in [-0.3, -0.25) is 0 Å². The van der Waals surface area contributed by atoms with Gasteiger partial charge in [0.1, 0.15) is 0 Å². The van der Waals surface area contributed by atoms with E-state index in [-0.39, 0.29) is 18.1 Å². The number of fused-ring (bicyclic) bond motifs is 1. The van der Waals surface area contributed by atoms with Crippen LogP contribution in [0, 0.1) is 0 Å². The molecule has 1 N–H and O–H groups in total. The number of aliphatic hydroxyl groups excluding tert-OH is 1. The van der Waals surface area contributed by atoms with E-state index in [1.54, 1.807) is 0 Å². The molecule has 5 heteroatoms. The minimum atomic E-state index is -2.96. The molecule has 0 amide bonds. The van der Waals surface area contributed by atoms with Crippen molar-refractivity contribution in [3.05, 3.63) is 36.0 Å². The van der Waals surface area contributed by atoms with Gasteiger partial charge >= 0.3 is 0 Å². The molecule has 0 aliphatic heterocycles. The average Bonchev–Trinajstić information content (AvgIpc) is 2.78. The maximum Gasteiger partial charge on any atom is 0.152 e. The molecule has 4 nitrogen and oxygen atoms in total. The van der Waals surface area contributed by atoms with Crippen LogP contribution in [0.2, 0.25) is 0 Å². The van der Waals surface area contributed by atoms with Crippen LogP contribution >= 0.6 is 0 Å². The van der Waals surface area contributed by atoms with Gasteiger partial charge in [0.25, 0.3) is 0 Å². The summed E-state index contributed by atoms with van der Waals surface area (Å²) in [6.45, 7) is 2.33. The third-order valence-electron chi connectivity index (χ3n) is 3.18. The summed E-state index contributed by atoms with van der Waals surface area (Å²) in [5.74, 6) is 0.405. The van der Waals surface area contributed by atoms with Crippen LogP contribution < -0.4 is 0 Å². The molecule has 2 rings (SSSR count). The van der Waals surface area contributed by atoms with Crippen molar-refractivity contribution in [1.29, 1.82) is 0 Å². The molecular weight excluding hydrogens is 262 g/mol. The van der Waals surface area contributed by atoms with E-state index in [1.165, 1.54) is 0 Å². The predicted octanol–water partition coefficient (Wildman–Crippen LogP) is 1.96. The Balaban J connectivity index is 2.21. The molecule has 0 aliphatic carbocycles. The van der Waals surface area contributed by atoms with E-state index >= 15 is 0 Å². The molecule has 0 bridgehead atoms. The van der Waals surface area contributed by atoms with Gasteiger partial charge < -0.3 is 9.67 Å². The van der Waals surface area contributed by atoms with E-state index < -0.39 is 9.84 Å². The maximum absolute atomic E-state index is 11.7. The first-order valence-electron chi connectivity index (χ1n) is 6.45. The summed E-state index contributed by atoms with van der Waals surface area (Å²) >= 11 is 0. The van der Waals surface area contributed by atoms with Crippen LogP contribution in [-0.4, -0.2) is 29.6 Å². The molecule has 0 saturated carbocycles. The fourth-order valence-corrected chi connectivity index (χ4v) is 3.47. The standard InChI is InChI=1S/C14H19NO3S/c1-2-8-19(17,18)9-7-15-6-5-13-4-3-12(11-16)10-14(13)15/h3-6,10,16H,2,7-9,11H2,1H3. The van der Waals surface area contributed by atoms with Crippen molar-refractivity contribution in [2.75, 3.05) is 11.5 Å². The van der Waals surface area contributed by atoms with E-state index in [2.05, 4.69) is 0 Å². The van der Waals surface area contributed by atoms with Gasteiger partial charge in [0.2, 0.25) is 0 Å². The summed E-state index contributed by atoms with van der Waals surface area (Å²) in [6, 6.07) is 7.68. The molecule has 2 aromatic rings. The Kier molecular flexibility index (Phi) is 4.27. The molecule has 1 aromatic carbocycles. The van der Waals surface area contributed by atoms with Gasteiger partial charge in [-0.2, -0.15) is 0 Å². The molecule has 1 heterocycles. The van der Waals surface area contributed by atoms with Gasteiger partial charge in [-0.1, -0.05) is 19.1 Å². The minimum absolute atomic E-state index is 0.00471. The lowest BCUT2D eigenvalue weighted by atomic mass is 10.2. The van der Waals surface area contributed by atoms with Gasteiger partial charge in [0, 0.05) is 24.0 Å². The number of aryl methyl sites for hydroxylation is 1. The Labute approximate surface area is 113 Å². The van der Waals surface area contributed by atoms with Crippen molar-refractivity contribution in [3.8, 4) is 0 Å². The quantitative estimate of drug-likeness (QED) is 0.880. The Bertz CT molecular complexity index is 658. The van der Waals surface area contributed by atoms with Crippen molar-refractivity contribution >= 4 is 20.7 Å². The van der Waals surface area contributed by atoms with Crippen molar-refractivity contribution in [2.24, 2.45) is 0 Å². The van der Waals surface area contributed by atoms with Gasteiger partial charge in [-0.05, 0) is 29.5 Å². The minimum Gasteiger partial charge on any atom is -0.392 e. The predicted molar refractivity (Wildman–Crippen MR) is 76.8 cm³/mol. The number of rotatable bonds is 6. The number of aromatic nitrogens is 1. The zero-order valence-corrected chi connectivity index (χ0v) is 11.9. The lowest BCUT2D eigenvalue weighted by Gasteiger charge is -2.07. The summed E-state index contributed by atoms with van der Waals surface area (Å²) in [6.07, 6.45) is 2.55. The number of benzene rings is 1. The summed E-state index contributed by atoms with van der Waals surface area (Å²) in [5.41, 5.74) is 1.81. The van der Waals surface area contributed by atoms with Crippen LogP contribution in [0.1, 0.15) is 18.9 Å². The fraction of sp³-hybridized carbons (Fsp3) is 0.429. The molecule has 1 aromatic heterocycles. The normalized spacial score (nSPS) is 12.1. The van der Waals surface area contributed by atoms with Crippen molar-refractivity contribution in [3.63, 3.8) is 0 Å². The van der Waals surface area contributed by atoms with Gasteiger partial charge in [0.05, 0.1) is 12.4 Å². The summed E-state index contributed by atoms with van der Waals surface area (Å²) in [4.78, 5) is 0. The zero-order chi connectivity index (χ0) is 13.9. The van der Waals surface area contributed by atoms with Crippen molar-refractivity contribution in [2.45, 2.75) is 26.5 Å². The first-order valence-corrected chi connectivity index (χ1v) is 8.27. The molecule has 0 fully saturated rings. The van der Waals surface area contributed by atoms with Crippen LogP contribution in [0.3, 0.4) is 0 Å². The molecule has 0 unspecified atom stereocenters. The summed E-state index contributed by atoms with van der Waals surface area (Å²) in [5, 5.41) is 10.2. The summed E-state index contributed by atoms with van der Waals surface area (Å²) < 4.78 is 25.4. The molecule has 0 aliphatic rings. The van der Waals surface area contributed by atoms with E-state index in [9.17, 15) is 8.42 Å². The molecule has 0 spiro atoms. The zero-order valence-electron chi connectivity index (χ0n) is 11.0. The number of aliphatic hydroxyl groups is 1. The van der Waals surface area contributed by atoms with Crippen molar-refractivity contribution < 1.29 is 13.5 Å². The third kappa shape index (κ3) is 3.36. The van der Waals surface area contributed by atoms with Crippen molar-refractivity contribution in [1.82, 2.24) is 4.57 Å². The van der Waals surface area contributed by atoms with Crippen LogP contribution in [0.5, 0.6) is 0 Å². The Morgan fingerprint density at radius 3 is 2.68 bits per heavy atom. The topological polar surface area (TPSA) is 59.3 Å². The molecule has 19 heavy (non-hydrogen) atoms. The third-order valence-corrected chi connectivity index (χ3v) is 5.01. The van der Waals surface area contributed by atoms with E-state index in [0.29, 0.717) is 13.0 Å². The highest BCUT2D eigenvalue weighted by molar-refractivity contribution is 7.91. The molecule has 104 valence electrons. The Morgan fingerprint density at radius 2 is 2.00 bits per heavy atom. The number of nitrogens with zero attached hydrogens (tertiary/aromatic N) is 1. The highest BCUT2D eigenvalue weighted by atomic mass is 32.2. The second-order valence-electron chi connectivity index (χ2n) is 4.71. The SMILES string of the molecule is CCCS(=O)(=O)CCn1ccc2ccc(CO)cc21. The first kappa shape index (κ1) is 14.1. The highest BCUT2D eigenvalue weighted by Gasteiger charge is 2.10. The number of hydrogen-bond acceptors (Lipinski definition) is 3. The van der Waals surface area contributed by atoms with Gasteiger partial charge in [0.15, 0.2) is 9.84 Å². The van der Waals surface area contributed by atoms with Crippen LogP contribution in [0.4, 0.5) is 0 Å². The second kappa shape index (κ2) is 5.75. The summed E-state index contributed by atoms with van der Waals surface area (Å²) in [7, 11) is -2.96. The Morgan fingerprint density at radius 1 is 1.21 bits per heavy atom. The lowest BCUT2D eigenvalue weighted by molar-refractivity contribution is 0.282. The van der Waals surface area contributed by atoms with Gasteiger partial charge in [-0.25, -0.2) is 8.42 Å². The average molecular weight is 281 g/mol. The molecule has 0 saturated heterocycles. The van der Waals surface area contributed by atoms with Crippen LogP contribution in [-0.2, 0) is 23.0 Å². The van der Waals surface area contributed by atoms with Crippen LogP contribution in [0.25, 0.3) is 10.9 Å². The van der Waals surface area contributed by atoms with E-state index in [4.69, 9.17) is 5.11 Å². The number of sulfone groups is 1. The van der Waals surface area contributed by atoms with Crippen LogP contribution in [0.15, 0.2) is 30.5 Å². The first-order chi connectivity index (χ1) is 9.05. The lowest BCUT2D eigenvalue weighted by Crippen LogP contribution is -2.15. The second-order valence-corrected chi connectivity index (χ2v) is 7.02. The molecule has 0 atom stereocenters. The smallest absolute Gasteiger partial charge is 0.152 e. The van der Waals surface area contributed by atoms with E-state index in [1.807, 2.05) is 42.0 Å². The van der Waals surface area contributed by atoms with E-state index in [0.717, 1.165) is 16.5 Å². The molecule has 0 radical (unpaired) electrons. The fourth-order valence-electron chi connectivity index (χ4n) is 2.17. The monoisotopic (exact) mass is 281 g/mol. The Hall–Kier alpha value is -1.33. The number of hydrogen-bond donors (Lipinski definition) is 1. The largest absolute Gasteiger partial charge is 0.392 e. The molecular formula is C14H19NO3S.